The Morgan fingerprint density at radius 3 is 2.78 bits per heavy atom. The van der Waals surface area contributed by atoms with Crippen LogP contribution in [0.1, 0.15) is 48.8 Å². The molecule has 1 N–H and O–H groups in total. The number of nitrogens with zero attached hydrogens (tertiary/aromatic N) is 1. The van der Waals surface area contributed by atoms with Crippen molar-refractivity contribution in [2.24, 2.45) is 5.92 Å². The lowest BCUT2D eigenvalue weighted by molar-refractivity contribution is 0.0503. The normalized spacial score (nSPS) is 18.6. The van der Waals surface area contributed by atoms with Gasteiger partial charge in [0.2, 0.25) is 0 Å². The third-order valence-corrected chi connectivity index (χ3v) is 4.80. The maximum absolute atomic E-state index is 12.6. The molecule has 1 fully saturated rings. The number of ether oxygens (including phenoxy) is 1. The Kier molecular flexibility index (Phi) is 5.68. The fourth-order valence-corrected chi connectivity index (χ4v) is 3.59. The highest BCUT2D eigenvalue weighted by molar-refractivity contribution is 7.12. The molecular formula is C17H26N2O3S. The molecule has 23 heavy (non-hydrogen) atoms. The first kappa shape index (κ1) is 17.8. The van der Waals surface area contributed by atoms with Crippen LogP contribution in [0.3, 0.4) is 0 Å². The number of likely N-dealkylation sites (tertiary alicyclic amines) is 1. The lowest BCUT2D eigenvalue weighted by Crippen LogP contribution is -2.44. The molecule has 1 atom stereocenters. The van der Waals surface area contributed by atoms with E-state index in [4.69, 9.17) is 4.74 Å². The van der Waals surface area contributed by atoms with Crippen LogP contribution in [0.5, 0.6) is 0 Å². The molecule has 1 aromatic heterocycles. The first-order valence-electron chi connectivity index (χ1n) is 8.06. The highest BCUT2D eigenvalue weighted by Crippen LogP contribution is 2.22. The molecule has 0 aromatic carbocycles. The number of carbonyl (C=O) groups excluding carboxylic acids is 2. The molecule has 0 radical (unpaired) electrons. The van der Waals surface area contributed by atoms with Crippen molar-refractivity contribution in [1.82, 2.24) is 10.2 Å². The largest absolute Gasteiger partial charge is 0.444 e. The molecule has 0 saturated carbocycles. The van der Waals surface area contributed by atoms with Gasteiger partial charge in [0.1, 0.15) is 5.60 Å². The van der Waals surface area contributed by atoms with E-state index in [1.54, 1.807) is 0 Å². The lowest BCUT2D eigenvalue weighted by atomic mass is 9.98. The van der Waals surface area contributed by atoms with Gasteiger partial charge in [-0.3, -0.25) is 4.79 Å². The van der Waals surface area contributed by atoms with E-state index in [1.165, 1.54) is 11.3 Å². The highest BCUT2D eigenvalue weighted by atomic mass is 32.1. The summed E-state index contributed by atoms with van der Waals surface area (Å²) in [7, 11) is 0. The summed E-state index contributed by atoms with van der Waals surface area (Å²) in [6.45, 7) is 9.52. The molecule has 0 aliphatic carbocycles. The minimum Gasteiger partial charge on any atom is -0.444 e. The van der Waals surface area contributed by atoms with Gasteiger partial charge in [-0.05, 0) is 63.5 Å². The van der Waals surface area contributed by atoms with Crippen molar-refractivity contribution >= 4 is 23.3 Å². The second-order valence-electron chi connectivity index (χ2n) is 7.07. The molecule has 2 amide bonds. The molecule has 2 rings (SSSR count). The number of hydrogen-bond donors (Lipinski definition) is 1. The summed E-state index contributed by atoms with van der Waals surface area (Å²) in [4.78, 5) is 27.0. The zero-order valence-electron chi connectivity index (χ0n) is 14.3. The summed E-state index contributed by atoms with van der Waals surface area (Å²) in [6.07, 6.45) is 1.59. The second kappa shape index (κ2) is 7.34. The minimum atomic E-state index is -0.491. The number of hydrogen-bond acceptors (Lipinski definition) is 4. The second-order valence-corrected chi connectivity index (χ2v) is 7.99. The van der Waals surface area contributed by atoms with Gasteiger partial charge in [0.25, 0.3) is 5.91 Å². The summed E-state index contributed by atoms with van der Waals surface area (Å²) in [5, 5.41) is 4.77. The Hall–Kier alpha value is -1.56. The van der Waals surface area contributed by atoms with Gasteiger partial charge >= 0.3 is 6.09 Å². The van der Waals surface area contributed by atoms with Gasteiger partial charge in [-0.15, -0.1) is 11.3 Å². The van der Waals surface area contributed by atoms with Crippen molar-refractivity contribution in [3.05, 3.63) is 21.9 Å². The van der Waals surface area contributed by atoms with E-state index in [9.17, 15) is 9.59 Å². The number of thiophene rings is 1. The summed E-state index contributed by atoms with van der Waals surface area (Å²) in [6, 6.07) is 1.98. The quantitative estimate of drug-likeness (QED) is 0.918. The number of piperidine rings is 1. The van der Waals surface area contributed by atoms with Crippen LogP contribution in [-0.2, 0) is 4.74 Å². The van der Waals surface area contributed by atoms with E-state index in [1.807, 2.05) is 44.0 Å². The Morgan fingerprint density at radius 2 is 2.17 bits per heavy atom. The van der Waals surface area contributed by atoms with Crippen molar-refractivity contribution in [2.75, 3.05) is 19.6 Å². The predicted molar refractivity (Wildman–Crippen MR) is 91.9 cm³/mol. The first-order chi connectivity index (χ1) is 10.8. The Labute approximate surface area is 142 Å². The van der Waals surface area contributed by atoms with Crippen LogP contribution in [0.25, 0.3) is 0 Å². The number of amides is 2. The molecule has 1 aromatic rings. The van der Waals surface area contributed by atoms with Gasteiger partial charge < -0.3 is 15.0 Å². The average Bonchev–Trinajstić information content (AvgIpc) is 2.89. The summed E-state index contributed by atoms with van der Waals surface area (Å²) in [5.41, 5.74) is 0.545. The molecule has 128 valence electrons. The van der Waals surface area contributed by atoms with E-state index in [-0.39, 0.29) is 11.8 Å². The van der Waals surface area contributed by atoms with Crippen LogP contribution in [-0.4, -0.2) is 42.1 Å². The topological polar surface area (TPSA) is 58.6 Å². The maximum atomic E-state index is 12.6. The lowest BCUT2D eigenvalue weighted by Gasteiger charge is -2.33. The SMILES string of the molecule is Cc1ccsc1C(=O)N1CCC[C@H](CNC(=O)OC(C)(C)C)C1. The van der Waals surface area contributed by atoms with Crippen molar-refractivity contribution in [2.45, 2.75) is 46.1 Å². The number of carbonyl (C=O) groups is 2. The van der Waals surface area contributed by atoms with Crippen molar-refractivity contribution in [3.8, 4) is 0 Å². The zero-order chi connectivity index (χ0) is 17.0. The number of nitrogens with one attached hydrogen (secondary N) is 1. The van der Waals surface area contributed by atoms with Gasteiger partial charge in [-0.2, -0.15) is 0 Å². The van der Waals surface area contributed by atoms with Crippen molar-refractivity contribution in [1.29, 1.82) is 0 Å². The fourth-order valence-electron chi connectivity index (χ4n) is 2.69. The van der Waals surface area contributed by atoms with Gasteiger partial charge in [0, 0.05) is 19.6 Å². The van der Waals surface area contributed by atoms with Crippen LogP contribution >= 0.6 is 11.3 Å². The number of alkyl carbamates (subject to hydrolysis) is 1. The third-order valence-electron chi connectivity index (χ3n) is 3.80. The monoisotopic (exact) mass is 338 g/mol. The molecule has 2 heterocycles. The van der Waals surface area contributed by atoms with Crippen LogP contribution in [0.15, 0.2) is 11.4 Å². The van der Waals surface area contributed by atoms with Gasteiger partial charge in [0.05, 0.1) is 4.88 Å². The molecule has 6 heteroatoms. The molecule has 1 aliphatic heterocycles. The smallest absolute Gasteiger partial charge is 0.407 e. The van der Waals surface area contributed by atoms with Crippen LogP contribution in [0.4, 0.5) is 4.79 Å². The molecule has 0 unspecified atom stereocenters. The highest BCUT2D eigenvalue weighted by Gasteiger charge is 2.26. The molecule has 1 aliphatic rings. The van der Waals surface area contributed by atoms with Crippen LogP contribution in [0.2, 0.25) is 0 Å². The molecule has 1 saturated heterocycles. The number of rotatable bonds is 3. The summed E-state index contributed by atoms with van der Waals surface area (Å²) >= 11 is 1.50. The molecule has 5 nitrogen and oxygen atoms in total. The first-order valence-corrected chi connectivity index (χ1v) is 8.94. The zero-order valence-corrected chi connectivity index (χ0v) is 15.2. The van der Waals surface area contributed by atoms with Crippen LogP contribution < -0.4 is 5.32 Å². The molecule has 0 bridgehead atoms. The van der Waals surface area contributed by atoms with Crippen molar-refractivity contribution < 1.29 is 14.3 Å². The standard InChI is InChI=1S/C17H26N2O3S/c1-12-7-9-23-14(12)15(20)19-8-5-6-13(11-19)10-18-16(21)22-17(2,3)4/h7,9,13H,5-6,8,10-11H2,1-4H3,(H,18,21)/t13-/m1/s1. The van der Waals surface area contributed by atoms with E-state index < -0.39 is 11.7 Å². The summed E-state index contributed by atoms with van der Waals surface area (Å²) in [5.74, 6) is 0.389. The molecule has 0 spiro atoms. The van der Waals surface area contributed by atoms with E-state index >= 15 is 0 Å². The fraction of sp³-hybridized carbons (Fsp3) is 0.647. The number of aryl methyl sites for hydroxylation is 1. The third kappa shape index (κ3) is 5.23. The van der Waals surface area contributed by atoms with E-state index in [0.29, 0.717) is 13.1 Å². The summed E-state index contributed by atoms with van der Waals surface area (Å²) < 4.78 is 5.25. The predicted octanol–water partition coefficient (Wildman–Crippen LogP) is 3.43. The average molecular weight is 338 g/mol. The molecular weight excluding hydrogens is 312 g/mol. The Balaban J connectivity index is 1.85. The van der Waals surface area contributed by atoms with Crippen molar-refractivity contribution in [3.63, 3.8) is 0 Å². The Bertz CT molecular complexity index is 562. The van der Waals surface area contributed by atoms with Crippen LogP contribution in [0, 0.1) is 12.8 Å². The minimum absolute atomic E-state index is 0.111. The van der Waals surface area contributed by atoms with E-state index in [2.05, 4.69) is 5.32 Å². The van der Waals surface area contributed by atoms with Gasteiger partial charge in [-0.25, -0.2) is 4.79 Å². The Morgan fingerprint density at radius 1 is 1.43 bits per heavy atom. The van der Waals surface area contributed by atoms with Gasteiger partial charge in [-0.1, -0.05) is 0 Å². The maximum Gasteiger partial charge on any atom is 0.407 e. The van der Waals surface area contributed by atoms with Gasteiger partial charge in [0.15, 0.2) is 0 Å². The van der Waals surface area contributed by atoms with E-state index in [0.717, 1.165) is 29.8 Å².